The van der Waals surface area contributed by atoms with Crippen molar-refractivity contribution in [2.75, 3.05) is 13.1 Å². The van der Waals surface area contributed by atoms with Gasteiger partial charge in [-0.2, -0.15) is 0 Å². The fourth-order valence-corrected chi connectivity index (χ4v) is 2.67. The Kier molecular flexibility index (Phi) is 10.2. The second-order valence-corrected chi connectivity index (χ2v) is 6.80. The average molecular weight is 442 g/mol. The number of alkyl carbamates (subject to hydrolysis) is 1. The summed E-state index contributed by atoms with van der Waals surface area (Å²) in [6, 6.07) is 17.2. The SMILES string of the molecule is O=C(CCc1ccccc1)NC[C@H](NC(=O)CNC(=O)OCc1ccccc1)C(=O)NO. The quantitative estimate of drug-likeness (QED) is 0.255. The third kappa shape index (κ3) is 9.26. The van der Waals surface area contributed by atoms with E-state index in [0.717, 1.165) is 11.1 Å². The van der Waals surface area contributed by atoms with E-state index in [9.17, 15) is 19.2 Å². The number of carbonyl (C=O) groups excluding carboxylic acids is 4. The van der Waals surface area contributed by atoms with Crippen LogP contribution in [-0.4, -0.2) is 48.2 Å². The number of hydrogen-bond acceptors (Lipinski definition) is 6. The molecule has 0 saturated heterocycles. The molecule has 2 rings (SSSR count). The molecule has 170 valence electrons. The van der Waals surface area contributed by atoms with Crippen molar-refractivity contribution in [3.8, 4) is 0 Å². The molecule has 2 aromatic carbocycles. The Morgan fingerprint density at radius 2 is 1.47 bits per heavy atom. The zero-order chi connectivity index (χ0) is 23.2. The van der Waals surface area contributed by atoms with Gasteiger partial charge in [0, 0.05) is 13.0 Å². The van der Waals surface area contributed by atoms with Crippen LogP contribution in [0.5, 0.6) is 0 Å². The molecule has 0 radical (unpaired) electrons. The lowest BCUT2D eigenvalue weighted by molar-refractivity contribution is -0.134. The molecule has 0 aliphatic carbocycles. The van der Waals surface area contributed by atoms with Crippen LogP contribution < -0.4 is 21.4 Å². The smallest absolute Gasteiger partial charge is 0.407 e. The molecule has 0 aromatic heterocycles. The number of rotatable bonds is 11. The van der Waals surface area contributed by atoms with Crippen molar-refractivity contribution in [3.63, 3.8) is 0 Å². The van der Waals surface area contributed by atoms with Crippen molar-refractivity contribution < 1.29 is 29.1 Å². The number of hydrogen-bond donors (Lipinski definition) is 5. The molecular formula is C22H26N4O6. The van der Waals surface area contributed by atoms with Crippen molar-refractivity contribution in [2.24, 2.45) is 0 Å². The number of aryl methyl sites for hydroxylation is 1. The van der Waals surface area contributed by atoms with Gasteiger partial charge in [-0.05, 0) is 17.5 Å². The molecule has 0 heterocycles. The van der Waals surface area contributed by atoms with Gasteiger partial charge in [-0.25, -0.2) is 10.3 Å². The zero-order valence-corrected chi connectivity index (χ0v) is 17.4. The van der Waals surface area contributed by atoms with Gasteiger partial charge < -0.3 is 20.7 Å². The van der Waals surface area contributed by atoms with E-state index < -0.39 is 30.5 Å². The van der Waals surface area contributed by atoms with E-state index in [1.54, 1.807) is 24.3 Å². The van der Waals surface area contributed by atoms with E-state index in [0.29, 0.717) is 6.42 Å². The first-order valence-corrected chi connectivity index (χ1v) is 9.96. The Balaban J connectivity index is 1.71. The molecule has 0 unspecified atom stereocenters. The summed E-state index contributed by atoms with van der Waals surface area (Å²) >= 11 is 0. The van der Waals surface area contributed by atoms with Crippen LogP contribution in [0, 0.1) is 0 Å². The topological polar surface area (TPSA) is 146 Å². The maximum absolute atomic E-state index is 12.1. The Bertz CT molecular complexity index is 892. The predicted octanol–water partition coefficient (Wildman–Crippen LogP) is 0.652. The van der Waals surface area contributed by atoms with E-state index >= 15 is 0 Å². The fraction of sp³-hybridized carbons (Fsp3) is 0.273. The first-order valence-electron chi connectivity index (χ1n) is 9.96. The largest absolute Gasteiger partial charge is 0.445 e. The van der Waals surface area contributed by atoms with Gasteiger partial charge in [0.1, 0.15) is 19.2 Å². The van der Waals surface area contributed by atoms with Crippen LogP contribution in [-0.2, 0) is 32.1 Å². The van der Waals surface area contributed by atoms with Gasteiger partial charge in [0.05, 0.1) is 0 Å². The fourth-order valence-electron chi connectivity index (χ4n) is 2.67. The van der Waals surface area contributed by atoms with Crippen molar-refractivity contribution in [2.45, 2.75) is 25.5 Å². The first-order chi connectivity index (χ1) is 15.5. The maximum Gasteiger partial charge on any atom is 0.407 e. The van der Waals surface area contributed by atoms with Gasteiger partial charge in [0.2, 0.25) is 11.8 Å². The van der Waals surface area contributed by atoms with Crippen LogP contribution in [0.15, 0.2) is 60.7 Å². The van der Waals surface area contributed by atoms with Gasteiger partial charge in [0.15, 0.2) is 0 Å². The number of ether oxygens (including phenoxy) is 1. The Labute approximate surface area is 185 Å². The number of benzene rings is 2. The number of amides is 4. The van der Waals surface area contributed by atoms with Crippen LogP contribution in [0.2, 0.25) is 0 Å². The summed E-state index contributed by atoms with van der Waals surface area (Å²) in [5, 5.41) is 16.0. The van der Waals surface area contributed by atoms with Gasteiger partial charge in [0.25, 0.3) is 5.91 Å². The lowest BCUT2D eigenvalue weighted by Crippen LogP contribution is -2.53. The van der Waals surface area contributed by atoms with E-state index in [-0.39, 0.29) is 25.5 Å². The van der Waals surface area contributed by atoms with E-state index in [4.69, 9.17) is 9.94 Å². The lowest BCUT2D eigenvalue weighted by atomic mass is 10.1. The minimum atomic E-state index is -1.23. The molecule has 4 amide bonds. The summed E-state index contributed by atoms with van der Waals surface area (Å²) in [7, 11) is 0. The monoisotopic (exact) mass is 442 g/mol. The standard InChI is InChI=1S/C22H26N4O6/c27-19(12-11-16-7-3-1-4-8-16)23-13-18(21(29)26-31)25-20(28)14-24-22(30)32-15-17-9-5-2-6-10-17/h1-10,18,31H,11-15H2,(H,23,27)(H,24,30)(H,25,28)(H,26,29)/t18-/m0/s1. The lowest BCUT2D eigenvalue weighted by Gasteiger charge is -2.17. The second kappa shape index (κ2) is 13.4. The molecule has 2 aromatic rings. The van der Waals surface area contributed by atoms with E-state index in [1.807, 2.05) is 36.4 Å². The third-order valence-electron chi connectivity index (χ3n) is 4.35. The first kappa shape index (κ1) is 24.4. The third-order valence-corrected chi connectivity index (χ3v) is 4.35. The summed E-state index contributed by atoms with van der Waals surface area (Å²) in [4.78, 5) is 47.6. The summed E-state index contributed by atoms with van der Waals surface area (Å²) in [6.07, 6.45) is -0.0908. The summed E-state index contributed by atoms with van der Waals surface area (Å²) < 4.78 is 4.99. The minimum Gasteiger partial charge on any atom is -0.445 e. The molecule has 0 aliphatic heterocycles. The molecular weight excluding hydrogens is 416 g/mol. The summed E-state index contributed by atoms with van der Waals surface area (Å²) in [6.45, 7) is -0.645. The highest BCUT2D eigenvalue weighted by molar-refractivity contribution is 5.89. The number of hydroxylamine groups is 1. The van der Waals surface area contributed by atoms with Crippen molar-refractivity contribution in [1.82, 2.24) is 21.4 Å². The Morgan fingerprint density at radius 1 is 0.844 bits per heavy atom. The van der Waals surface area contributed by atoms with Crippen LogP contribution in [0.3, 0.4) is 0 Å². The molecule has 0 bridgehead atoms. The van der Waals surface area contributed by atoms with Gasteiger partial charge in [-0.3, -0.25) is 19.6 Å². The Morgan fingerprint density at radius 3 is 2.09 bits per heavy atom. The molecule has 0 spiro atoms. The summed E-state index contributed by atoms with van der Waals surface area (Å²) in [5.74, 6) is -1.93. The van der Waals surface area contributed by atoms with Crippen LogP contribution in [0.4, 0.5) is 4.79 Å². The predicted molar refractivity (Wildman–Crippen MR) is 114 cm³/mol. The highest BCUT2D eigenvalue weighted by Crippen LogP contribution is 2.02. The van der Waals surface area contributed by atoms with Crippen molar-refractivity contribution in [1.29, 1.82) is 0 Å². The second-order valence-electron chi connectivity index (χ2n) is 6.80. The van der Waals surface area contributed by atoms with E-state index in [2.05, 4.69) is 16.0 Å². The highest BCUT2D eigenvalue weighted by Gasteiger charge is 2.21. The van der Waals surface area contributed by atoms with Crippen molar-refractivity contribution in [3.05, 3.63) is 71.8 Å². The zero-order valence-electron chi connectivity index (χ0n) is 17.4. The molecule has 0 fully saturated rings. The highest BCUT2D eigenvalue weighted by atomic mass is 16.5. The van der Waals surface area contributed by atoms with E-state index in [1.165, 1.54) is 5.48 Å². The minimum absolute atomic E-state index is 0.0405. The summed E-state index contributed by atoms with van der Waals surface area (Å²) in [5.41, 5.74) is 3.22. The maximum atomic E-state index is 12.1. The molecule has 0 saturated carbocycles. The molecule has 0 aliphatic rings. The number of carbonyl (C=O) groups is 4. The molecule has 10 heteroatoms. The molecule has 10 nitrogen and oxygen atoms in total. The van der Waals surface area contributed by atoms with Gasteiger partial charge in [-0.15, -0.1) is 0 Å². The van der Waals surface area contributed by atoms with Crippen LogP contribution in [0.25, 0.3) is 0 Å². The van der Waals surface area contributed by atoms with Crippen LogP contribution >= 0.6 is 0 Å². The molecule has 32 heavy (non-hydrogen) atoms. The van der Waals surface area contributed by atoms with Gasteiger partial charge >= 0.3 is 6.09 Å². The normalized spacial score (nSPS) is 11.0. The van der Waals surface area contributed by atoms with Crippen molar-refractivity contribution >= 4 is 23.8 Å². The Hall–Kier alpha value is -3.92. The molecule has 5 N–H and O–H groups in total. The average Bonchev–Trinajstić information content (AvgIpc) is 2.83. The molecule has 1 atom stereocenters. The van der Waals surface area contributed by atoms with Crippen LogP contribution in [0.1, 0.15) is 17.5 Å². The van der Waals surface area contributed by atoms with Gasteiger partial charge in [-0.1, -0.05) is 60.7 Å². The number of nitrogens with one attached hydrogen (secondary N) is 4.